The third-order valence-corrected chi connectivity index (χ3v) is 5.82. The monoisotopic (exact) mass is 369 g/mol. The molecule has 2 rings (SSSR count). The molecule has 8 nitrogen and oxygen atoms in total. The molecule has 2 amide bonds. The number of hydrogen-bond donors (Lipinski definition) is 2. The Kier molecular flexibility index (Phi) is 6.77. The summed E-state index contributed by atoms with van der Waals surface area (Å²) in [6.45, 7) is 2.44. The fourth-order valence-corrected chi connectivity index (χ4v) is 4.22. The van der Waals surface area contributed by atoms with Crippen LogP contribution in [0.4, 0.5) is 4.79 Å². The predicted molar refractivity (Wildman–Crippen MR) is 91.7 cm³/mol. The van der Waals surface area contributed by atoms with Gasteiger partial charge in [0.15, 0.2) is 0 Å². The SMILES string of the molecule is CCOC(=O)NNC(=O)C1CCN(S(=O)(=O)Cc2ccccc2)CC1. The van der Waals surface area contributed by atoms with E-state index in [0.29, 0.717) is 12.8 Å². The van der Waals surface area contributed by atoms with Gasteiger partial charge in [-0.3, -0.25) is 10.2 Å². The van der Waals surface area contributed by atoms with Crippen molar-refractivity contribution in [3.8, 4) is 0 Å². The van der Waals surface area contributed by atoms with Crippen molar-refractivity contribution in [2.24, 2.45) is 5.92 Å². The van der Waals surface area contributed by atoms with Crippen molar-refractivity contribution in [3.05, 3.63) is 35.9 Å². The second-order valence-corrected chi connectivity index (χ2v) is 7.72. The standard InChI is InChI=1S/C16H23N3O5S/c1-2-24-16(21)18-17-15(20)14-8-10-19(11-9-14)25(22,23)12-13-6-4-3-5-7-13/h3-7,14H,2,8-12H2,1H3,(H,17,20)(H,18,21). The number of hydrogen-bond acceptors (Lipinski definition) is 5. The van der Waals surface area contributed by atoms with Gasteiger partial charge in [0.1, 0.15) is 0 Å². The van der Waals surface area contributed by atoms with Gasteiger partial charge in [0.2, 0.25) is 15.9 Å². The van der Waals surface area contributed by atoms with Crippen molar-refractivity contribution in [3.63, 3.8) is 0 Å². The predicted octanol–water partition coefficient (Wildman–Crippen LogP) is 1.01. The Morgan fingerprint density at radius 3 is 2.40 bits per heavy atom. The number of hydrazine groups is 1. The second kappa shape index (κ2) is 8.82. The normalized spacial score (nSPS) is 16.2. The highest BCUT2D eigenvalue weighted by Gasteiger charge is 2.31. The minimum atomic E-state index is -3.41. The summed E-state index contributed by atoms with van der Waals surface area (Å²) in [6.07, 6.45) is 0.0908. The molecule has 0 bridgehead atoms. The molecular formula is C16H23N3O5S. The zero-order valence-corrected chi connectivity index (χ0v) is 14.9. The number of amides is 2. The number of nitrogens with zero attached hydrogens (tertiary/aromatic N) is 1. The summed E-state index contributed by atoms with van der Waals surface area (Å²) < 4.78 is 31.0. The van der Waals surface area contributed by atoms with E-state index in [1.807, 2.05) is 6.07 Å². The van der Waals surface area contributed by atoms with Crippen LogP contribution in [0, 0.1) is 5.92 Å². The van der Waals surface area contributed by atoms with Crippen molar-refractivity contribution in [1.29, 1.82) is 0 Å². The summed E-state index contributed by atoms with van der Waals surface area (Å²) in [5.41, 5.74) is 5.20. The maximum atomic E-state index is 12.5. The number of rotatable bonds is 5. The van der Waals surface area contributed by atoms with E-state index in [4.69, 9.17) is 0 Å². The fraction of sp³-hybridized carbons (Fsp3) is 0.500. The molecule has 2 N–H and O–H groups in total. The zero-order valence-electron chi connectivity index (χ0n) is 14.1. The van der Waals surface area contributed by atoms with Crippen molar-refractivity contribution < 1.29 is 22.7 Å². The lowest BCUT2D eigenvalue weighted by Gasteiger charge is -2.30. The molecule has 1 heterocycles. The van der Waals surface area contributed by atoms with Crippen LogP contribution in [0.25, 0.3) is 0 Å². The van der Waals surface area contributed by atoms with Gasteiger partial charge in [0.25, 0.3) is 0 Å². The third-order valence-electron chi connectivity index (χ3n) is 3.97. The van der Waals surface area contributed by atoms with Gasteiger partial charge in [-0.15, -0.1) is 0 Å². The van der Waals surface area contributed by atoms with Crippen LogP contribution in [0.3, 0.4) is 0 Å². The number of nitrogens with one attached hydrogen (secondary N) is 2. The molecule has 1 fully saturated rings. The molecule has 0 aliphatic carbocycles. The maximum Gasteiger partial charge on any atom is 0.426 e. The molecule has 138 valence electrons. The molecule has 1 aromatic carbocycles. The summed E-state index contributed by atoms with van der Waals surface area (Å²) in [6, 6.07) is 9.00. The Bertz CT molecular complexity index is 685. The number of ether oxygens (including phenoxy) is 1. The molecule has 0 unspecified atom stereocenters. The average molecular weight is 369 g/mol. The number of piperidine rings is 1. The first-order valence-electron chi connectivity index (χ1n) is 8.16. The van der Waals surface area contributed by atoms with Crippen LogP contribution >= 0.6 is 0 Å². The summed E-state index contributed by atoms with van der Waals surface area (Å²) in [5, 5.41) is 0. The van der Waals surface area contributed by atoms with Gasteiger partial charge in [-0.05, 0) is 25.3 Å². The Hall–Kier alpha value is -2.13. The number of benzene rings is 1. The largest absolute Gasteiger partial charge is 0.449 e. The smallest absolute Gasteiger partial charge is 0.426 e. The van der Waals surface area contributed by atoms with Gasteiger partial charge in [-0.1, -0.05) is 30.3 Å². The van der Waals surface area contributed by atoms with E-state index in [0.717, 1.165) is 5.56 Å². The second-order valence-electron chi connectivity index (χ2n) is 5.75. The summed E-state index contributed by atoms with van der Waals surface area (Å²) >= 11 is 0. The van der Waals surface area contributed by atoms with Crippen LogP contribution in [0.5, 0.6) is 0 Å². The maximum absolute atomic E-state index is 12.5. The van der Waals surface area contributed by atoms with Gasteiger partial charge < -0.3 is 4.74 Å². The molecule has 1 saturated heterocycles. The van der Waals surface area contributed by atoms with E-state index < -0.39 is 16.1 Å². The lowest BCUT2D eigenvalue weighted by molar-refractivity contribution is -0.127. The molecule has 1 aliphatic rings. The summed E-state index contributed by atoms with van der Waals surface area (Å²) in [7, 11) is -3.41. The summed E-state index contributed by atoms with van der Waals surface area (Å²) in [4.78, 5) is 23.2. The fourth-order valence-electron chi connectivity index (χ4n) is 2.65. The first kappa shape index (κ1) is 19.2. The molecule has 0 atom stereocenters. The number of carbonyl (C=O) groups excluding carboxylic acids is 2. The Morgan fingerprint density at radius 1 is 1.16 bits per heavy atom. The van der Waals surface area contributed by atoms with Crippen molar-refractivity contribution >= 4 is 22.0 Å². The van der Waals surface area contributed by atoms with Gasteiger partial charge in [-0.2, -0.15) is 0 Å². The molecule has 1 aromatic rings. The third kappa shape index (κ3) is 5.71. The zero-order chi connectivity index (χ0) is 18.3. The van der Waals surface area contributed by atoms with Crippen LogP contribution in [-0.4, -0.2) is 44.4 Å². The van der Waals surface area contributed by atoms with E-state index in [9.17, 15) is 18.0 Å². The highest BCUT2D eigenvalue weighted by atomic mass is 32.2. The quantitative estimate of drug-likeness (QED) is 0.754. The van der Waals surface area contributed by atoms with Gasteiger partial charge in [-0.25, -0.2) is 22.9 Å². The first-order chi connectivity index (χ1) is 11.9. The van der Waals surface area contributed by atoms with Crippen LogP contribution in [-0.2, 0) is 25.3 Å². The van der Waals surface area contributed by atoms with Crippen LogP contribution in [0.15, 0.2) is 30.3 Å². The highest BCUT2D eigenvalue weighted by molar-refractivity contribution is 7.88. The minimum Gasteiger partial charge on any atom is -0.449 e. The Balaban J connectivity index is 1.82. The summed E-state index contributed by atoms with van der Waals surface area (Å²) in [5.74, 6) is -0.729. The number of sulfonamides is 1. The lowest BCUT2D eigenvalue weighted by Crippen LogP contribution is -2.48. The topological polar surface area (TPSA) is 105 Å². The lowest BCUT2D eigenvalue weighted by atomic mass is 9.98. The molecule has 0 radical (unpaired) electrons. The minimum absolute atomic E-state index is 0.0465. The van der Waals surface area contributed by atoms with Gasteiger partial charge >= 0.3 is 6.09 Å². The number of carbonyl (C=O) groups is 2. The molecule has 0 spiro atoms. The van der Waals surface area contributed by atoms with E-state index in [1.54, 1.807) is 31.2 Å². The van der Waals surface area contributed by atoms with E-state index in [1.165, 1.54) is 4.31 Å². The molecule has 25 heavy (non-hydrogen) atoms. The van der Waals surface area contributed by atoms with Gasteiger partial charge in [0, 0.05) is 19.0 Å². The van der Waals surface area contributed by atoms with Crippen molar-refractivity contribution in [1.82, 2.24) is 15.2 Å². The van der Waals surface area contributed by atoms with Crippen LogP contribution in [0.2, 0.25) is 0 Å². The van der Waals surface area contributed by atoms with Crippen LogP contribution in [0.1, 0.15) is 25.3 Å². The van der Waals surface area contributed by atoms with E-state index >= 15 is 0 Å². The van der Waals surface area contributed by atoms with E-state index in [2.05, 4.69) is 15.6 Å². The molecule has 9 heteroatoms. The van der Waals surface area contributed by atoms with Crippen molar-refractivity contribution in [2.75, 3.05) is 19.7 Å². The molecule has 0 saturated carbocycles. The molecule has 0 aromatic heterocycles. The van der Waals surface area contributed by atoms with Crippen LogP contribution < -0.4 is 10.9 Å². The van der Waals surface area contributed by atoms with Gasteiger partial charge in [0.05, 0.1) is 12.4 Å². The molecular weight excluding hydrogens is 346 g/mol. The molecule has 1 aliphatic heterocycles. The van der Waals surface area contributed by atoms with Crippen molar-refractivity contribution in [2.45, 2.75) is 25.5 Å². The Morgan fingerprint density at radius 2 is 1.80 bits per heavy atom. The average Bonchev–Trinajstić information content (AvgIpc) is 2.60. The van der Waals surface area contributed by atoms with E-state index in [-0.39, 0.29) is 37.3 Å². The first-order valence-corrected chi connectivity index (χ1v) is 9.77. The Labute approximate surface area is 147 Å². The highest BCUT2D eigenvalue weighted by Crippen LogP contribution is 2.21.